The number of hydrogen-bond donors (Lipinski definition) is 1. The first-order valence-electron chi connectivity index (χ1n) is 3.83. The summed E-state index contributed by atoms with van der Waals surface area (Å²) in [6.45, 7) is 0. The first-order valence-corrected chi connectivity index (χ1v) is 3.83. The molecule has 0 saturated carbocycles. The van der Waals surface area contributed by atoms with Crippen LogP contribution in [0.25, 0.3) is 11.1 Å². The van der Waals surface area contributed by atoms with Gasteiger partial charge in [-0.05, 0) is 17.7 Å². The van der Waals surface area contributed by atoms with Crippen molar-refractivity contribution in [2.24, 2.45) is 0 Å². The lowest BCUT2D eigenvalue weighted by Crippen LogP contribution is -1.89. The largest absolute Gasteiger partial charge is 0.384 e. The summed E-state index contributed by atoms with van der Waals surface area (Å²) in [7, 11) is 0. The van der Waals surface area contributed by atoms with Gasteiger partial charge in [-0.25, -0.2) is 15.0 Å². The molecule has 0 saturated heterocycles. The Labute approximate surface area is 75.5 Å². The van der Waals surface area contributed by atoms with E-state index < -0.39 is 0 Å². The van der Waals surface area contributed by atoms with E-state index in [4.69, 9.17) is 5.73 Å². The topological polar surface area (TPSA) is 64.7 Å². The third-order valence-electron chi connectivity index (χ3n) is 1.67. The Bertz CT molecular complexity index is 399. The van der Waals surface area contributed by atoms with Crippen molar-refractivity contribution < 1.29 is 0 Å². The molecule has 0 aliphatic rings. The van der Waals surface area contributed by atoms with Crippen molar-refractivity contribution >= 4 is 5.82 Å². The highest BCUT2D eigenvalue weighted by Gasteiger charge is 1.97. The van der Waals surface area contributed by atoms with E-state index in [1.54, 1.807) is 24.7 Å². The van der Waals surface area contributed by atoms with Crippen molar-refractivity contribution in [1.29, 1.82) is 0 Å². The summed E-state index contributed by atoms with van der Waals surface area (Å²) in [6.07, 6.45) is 6.63. The normalized spacial score (nSPS) is 9.85. The van der Waals surface area contributed by atoms with Crippen molar-refractivity contribution in [3.8, 4) is 11.1 Å². The molecule has 0 amide bonds. The second kappa shape index (κ2) is 3.18. The van der Waals surface area contributed by atoms with Crippen LogP contribution in [0.4, 0.5) is 5.82 Å². The third-order valence-corrected chi connectivity index (χ3v) is 1.67. The van der Waals surface area contributed by atoms with Gasteiger partial charge in [-0.2, -0.15) is 0 Å². The highest BCUT2D eigenvalue weighted by Crippen LogP contribution is 2.17. The van der Waals surface area contributed by atoms with Crippen LogP contribution in [0.1, 0.15) is 0 Å². The van der Waals surface area contributed by atoms with Crippen LogP contribution in [0.15, 0.2) is 37.1 Å². The smallest absolute Gasteiger partial charge is 0.123 e. The second-order valence-corrected chi connectivity index (χ2v) is 2.60. The highest BCUT2D eigenvalue weighted by atomic mass is 14.8. The van der Waals surface area contributed by atoms with E-state index in [0.717, 1.165) is 11.1 Å². The van der Waals surface area contributed by atoms with E-state index in [-0.39, 0.29) is 0 Å². The van der Waals surface area contributed by atoms with E-state index in [1.807, 2.05) is 6.07 Å². The molecule has 4 nitrogen and oxygen atoms in total. The van der Waals surface area contributed by atoms with E-state index >= 15 is 0 Å². The summed E-state index contributed by atoms with van der Waals surface area (Å²) < 4.78 is 0. The standard InChI is InChI=1S/C9H8N4/c10-9-3-7(1-2-13-9)8-4-11-6-12-5-8/h1-6H,(H2,10,13). The molecule has 0 fully saturated rings. The number of anilines is 1. The van der Waals surface area contributed by atoms with Gasteiger partial charge in [0.05, 0.1) is 0 Å². The fourth-order valence-corrected chi connectivity index (χ4v) is 1.08. The molecular weight excluding hydrogens is 164 g/mol. The lowest BCUT2D eigenvalue weighted by molar-refractivity contribution is 1.17. The SMILES string of the molecule is Nc1cc(-c2cncnc2)ccn1. The number of pyridine rings is 1. The van der Waals surface area contributed by atoms with Crippen molar-refractivity contribution in [1.82, 2.24) is 15.0 Å². The minimum absolute atomic E-state index is 0.501. The van der Waals surface area contributed by atoms with Crippen LogP contribution in [0.2, 0.25) is 0 Å². The molecule has 0 aliphatic carbocycles. The van der Waals surface area contributed by atoms with Crippen LogP contribution in [0, 0.1) is 0 Å². The van der Waals surface area contributed by atoms with E-state index in [0.29, 0.717) is 5.82 Å². The maximum Gasteiger partial charge on any atom is 0.123 e. The predicted molar refractivity (Wildman–Crippen MR) is 49.7 cm³/mol. The first kappa shape index (κ1) is 7.67. The highest BCUT2D eigenvalue weighted by molar-refractivity contribution is 5.63. The van der Waals surface area contributed by atoms with Crippen LogP contribution in [0.3, 0.4) is 0 Å². The summed E-state index contributed by atoms with van der Waals surface area (Å²) in [4.78, 5) is 11.7. The summed E-state index contributed by atoms with van der Waals surface area (Å²) in [6, 6.07) is 3.66. The summed E-state index contributed by atoms with van der Waals surface area (Å²) >= 11 is 0. The molecule has 0 aliphatic heterocycles. The average Bonchev–Trinajstić information content (AvgIpc) is 2.19. The maximum atomic E-state index is 5.54. The zero-order chi connectivity index (χ0) is 9.10. The summed E-state index contributed by atoms with van der Waals surface area (Å²) in [5.74, 6) is 0.501. The van der Waals surface area contributed by atoms with Crippen LogP contribution in [-0.4, -0.2) is 15.0 Å². The minimum Gasteiger partial charge on any atom is -0.384 e. The third kappa shape index (κ3) is 1.61. The van der Waals surface area contributed by atoms with Crippen molar-refractivity contribution in [2.45, 2.75) is 0 Å². The summed E-state index contributed by atoms with van der Waals surface area (Å²) in [5, 5.41) is 0. The van der Waals surface area contributed by atoms with Gasteiger partial charge in [-0.1, -0.05) is 0 Å². The van der Waals surface area contributed by atoms with Gasteiger partial charge in [-0.15, -0.1) is 0 Å². The fourth-order valence-electron chi connectivity index (χ4n) is 1.08. The molecule has 64 valence electrons. The molecule has 0 spiro atoms. The Morgan fingerprint density at radius 2 is 1.85 bits per heavy atom. The van der Waals surface area contributed by atoms with Crippen molar-refractivity contribution in [2.75, 3.05) is 5.73 Å². The van der Waals surface area contributed by atoms with Gasteiger partial charge in [0.15, 0.2) is 0 Å². The van der Waals surface area contributed by atoms with Gasteiger partial charge in [-0.3, -0.25) is 0 Å². The molecular formula is C9H8N4. The maximum absolute atomic E-state index is 5.54. The van der Waals surface area contributed by atoms with Gasteiger partial charge < -0.3 is 5.73 Å². The quantitative estimate of drug-likeness (QED) is 0.700. The first-order chi connectivity index (χ1) is 6.36. The van der Waals surface area contributed by atoms with Gasteiger partial charge in [0.1, 0.15) is 12.1 Å². The van der Waals surface area contributed by atoms with Crippen LogP contribution < -0.4 is 5.73 Å². The Hall–Kier alpha value is -1.97. The van der Waals surface area contributed by atoms with Crippen molar-refractivity contribution in [3.05, 3.63) is 37.1 Å². The van der Waals surface area contributed by atoms with Gasteiger partial charge >= 0.3 is 0 Å². The molecule has 0 unspecified atom stereocenters. The molecule has 2 aromatic heterocycles. The predicted octanol–water partition coefficient (Wildman–Crippen LogP) is 1.12. The second-order valence-electron chi connectivity index (χ2n) is 2.60. The Kier molecular flexibility index (Phi) is 1.88. The molecule has 0 atom stereocenters. The molecule has 0 bridgehead atoms. The zero-order valence-electron chi connectivity index (χ0n) is 6.88. The fraction of sp³-hybridized carbons (Fsp3) is 0. The molecule has 2 rings (SSSR count). The number of rotatable bonds is 1. The molecule has 0 radical (unpaired) electrons. The number of nitrogens with zero attached hydrogens (tertiary/aromatic N) is 3. The number of nitrogens with two attached hydrogens (primary N) is 1. The van der Waals surface area contributed by atoms with Gasteiger partial charge in [0, 0.05) is 24.2 Å². The van der Waals surface area contributed by atoms with Gasteiger partial charge in [0.25, 0.3) is 0 Å². The van der Waals surface area contributed by atoms with E-state index in [9.17, 15) is 0 Å². The summed E-state index contributed by atoms with van der Waals surface area (Å²) in [5.41, 5.74) is 7.47. The lowest BCUT2D eigenvalue weighted by Gasteiger charge is -1.99. The van der Waals surface area contributed by atoms with Crippen LogP contribution in [0.5, 0.6) is 0 Å². The molecule has 4 heteroatoms. The van der Waals surface area contributed by atoms with Crippen molar-refractivity contribution in [3.63, 3.8) is 0 Å². The molecule has 2 heterocycles. The average molecular weight is 172 g/mol. The molecule has 13 heavy (non-hydrogen) atoms. The number of nitrogen functional groups attached to an aromatic ring is 1. The molecule has 2 N–H and O–H groups in total. The van der Waals surface area contributed by atoms with Gasteiger partial charge in [0.2, 0.25) is 0 Å². The molecule has 2 aromatic rings. The Morgan fingerprint density at radius 1 is 1.08 bits per heavy atom. The van der Waals surface area contributed by atoms with E-state index in [1.165, 1.54) is 6.33 Å². The van der Waals surface area contributed by atoms with E-state index in [2.05, 4.69) is 15.0 Å². The molecule has 0 aromatic carbocycles. The Balaban J connectivity index is 2.48. The monoisotopic (exact) mass is 172 g/mol. The van der Waals surface area contributed by atoms with Crippen LogP contribution in [-0.2, 0) is 0 Å². The number of hydrogen-bond acceptors (Lipinski definition) is 4. The lowest BCUT2D eigenvalue weighted by atomic mass is 10.1. The Morgan fingerprint density at radius 3 is 2.54 bits per heavy atom. The minimum atomic E-state index is 0.501. The zero-order valence-corrected chi connectivity index (χ0v) is 6.88. The number of aromatic nitrogens is 3. The van der Waals surface area contributed by atoms with Crippen LogP contribution >= 0.6 is 0 Å².